The van der Waals surface area contributed by atoms with Gasteiger partial charge in [-0.2, -0.15) is 0 Å². The van der Waals surface area contributed by atoms with Gasteiger partial charge in [0.15, 0.2) is 0 Å². The third kappa shape index (κ3) is 8.72. The molecule has 0 saturated heterocycles. The van der Waals surface area contributed by atoms with E-state index in [4.69, 9.17) is 16.3 Å². The average Bonchev–Trinajstić information content (AvgIpc) is 3.08. The summed E-state index contributed by atoms with van der Waals surface area (Å²) in [7, 11) is 0. The SMILES string of the molecule is CC(C)(C)OC(=O)NCc1ccc(NCC(O)CNC(=O)c2ccc(Cl)s2)cc1. The molecule has 9 heteroatoms. The second-order valence-corrected chi connectivity index (χ2v) is 9.12. The van der Waals surface area contributed by atoms with Crippen molar-refractivity contribution >= 4 is 40.6 Å². The van der Waals surface area contributed by atoms with Gasteiger partial charge in [-0.1, -0.05) is 23.7 Å². The summed E-state index contributed by atoms with van der Waals surface area (Å²) in [6.45, 7) is 6.19. The highest BCUT2D eigenvalue weighted by Gasteiger charge is 2.15. The van der Waals surface area contributed by atoms with E-state index >= 15 is 0 Å². The molecular weight excluding hydrogens is 414 g/mol. The standard InChI is InChI=1S/C20H26ClN3O4S/c1-20(2,3)28-19(27)24-10-13-4-6-14(7-5-13)22-11-15(25)12-23-18(26)16-8-9-17(21)29-16/h4-9,15,22,25H,10-12H2,1-3H3,(H,23,26)(H,24,27). The first-order valence-corrected chi connectivity index (χ1v) is 10.3. The highest BCUT2D eigenvalue weighted by atomic mass is 35.5. The largest absolute Gasteiger partial charge is 0.444 e. The molecule has 1 atom stereocenters. The van der Waals surface area contributed by atoms with E-state index in [-0.39, 0.29) is 19.0 Å². The molecule has 0 fully saturated rings. The molecule has 1 unspecified atom stereocenters. The van der Waals surface area contributed by atoms with E-state index < -0.39 is 17.8 Å². The van der Waals surface area contributed by atoms with Gasteiger partial charge in [0.1, 0.15) is 5.60 Å². The van der Waals surface area contributed by atoms with Gasteiger partial charge in [0.2, 0.25) is 0 Å². The van der Waals surface area contributed by atoms with Gasteiger partial charge in [0.05, 0.1) is 15.3 Å². The normalized spacial score (nSPS) is 12.2. The predicted molar refractivity (Wildman–Crippen MR) is 116 cm³/mol. The Balaban J connectivity index is 1.69. The number of halogens is 1. The number of nitrogens with one attached hydrogen (secondary N) is 3. The lowest BCUT2D eigenvalue weighted by molar-refractivity contribution is 0.0523. The first-order chi connectivity index (χ1) is 13.6. The maximum atomic E-state index is 11.9. The molecule has 0 aliphatic heterocycles. The topological polar surface area (TPSA) is 99.7 Å². The quantitative estimate of drug-likeness (QED) is 0.503. The zero-order valence-electron chi connectivity index (χ0n) is 16.6. The number of ether oxygens (including phenoxy) is 1. The molecule has 0 aliphatic carbocycles. The minimum atomic E-state index is -0.747. The zero-order valence-corrected chi connectivity index (χ0v) is 18.2. The van der Waals surface area contributed by atoms with E-state index in [0.29, 0.717) is 15.8 Å². The number of anilines is 1. The number of alkyl carbamates (subject to hydrolysis) is 1. The first kappa shape index (κ1) is 23.0. The van der Waals surface area contributed by atoms with Crippen LogP contribution in [0.3, 0.4) is 0 Å². The molecule has 0 aliphatic rings. The van der Waals surface area contributed by atoms with Crippen LogP contribution in [-0.2, 0) is 11.3 Å². The molecular formula is C20H26ClN3O4S. The number of rotatable bonds is 8. The zero-order chi connectivity index (χ0) is 21.4. The van der Waals surface area contributed by atoms with Crippen molar-refractivity contribution in [3.8, 4) is 0 Å². The van der Waals surface area contributed by atoms with Gasteiger partial charge >= 0.3 is 6.09 Å². The van der Waals surface area contributed by atoms with Crippen LogP contribution < -0.4 is 16.0 Å². The number of hydrogen-bond acceptors (Lipinski definition) is 6. The van der Waals surface area contributed by atoms with Crippen molar-refractivity contribution in [3.05, 3.63) is 51.2 Å². The average molecular weight is 440 g/mol. The number of benzene rings is 1. The van der Waals surface area contributed by atoms with Crippen molar-refractivity contribution in [1.29, 1.82) is 0 Å². The van der Waals surface area contributed by atoms with E-state index in [1.54, 1.807) is 12.1 Å². The Bertz CT molecular complexity index is 818. The van der Waals surface area contributed by atoms with Gasteiger partial charge in [0, 0.05) is 25.3 Å². The van der Waals surface area contributed by atoms with E-state index in [1.165, 1.54) is 11.3 Å². The van der Waals surface area contributed by atoms with Crippen molar-refractivity contribution in [1.82, 2.24) is 10.6 Å². The summed E-state index contributed by atoms with van der Waals surface area (Å²) < 4.78 is 5.73. The van der Waals surface area contributed by atoms with Crippen LogP contribution in [0, 0.1) is 0 Å². The maximum absolute atomic E-state index is 11.9. The lowest BCUT2D eigenvalue weighted by Crippen LogP contribution is -2.35. The smallest absolute Gasteiger partial charge is 0.407 e. The van der Waals surface area contributed by atoms with Gasteiger partial charge in [0.25, 0.3) is 5.91 Å². The minimum absolute atomic E-state index is 0.124. The summed E-state index contributed by atoms with van der Waals surface area (Å²) in [5.74, 6) is -0.261. The van der Waals surface area contributed by atoms with Gasteiger partial charge in [-0.15, -0.1) is 11.3 Å². The summed E-state index contributed by atoms with van der Waals surface area (Å²) in [6, 6.07) is 10.7. The van der Waals surface area contributed by atoms with Gasteiger partial charge < -0.3 is 25.8 Å². The van der Waals surface area contributed by atoms with Crippen LogP contribution in [0.5, 0.6) is 0 Å². The molecule has 0 bridgehead atoms. The second kappa shape index (κ2) is 10.5. The highest BCUT2D eigenvalue weighted by molar-refractivity contribution is 7.17. The minimum Gasteiger partial charge on any atom is -0.444 e. The second-order valence-electron chi connectivity index (χ2n) is 7.40. The number of carbonyl (C=O) groups excluding carboxylic acids is 2. The van der Waals surface area contributed by atoms with Crippen molar-refractivity contribution in [2.75, 3.05) is 18.4 Å². The van der Waals surface area contributed by atoms with Crippen molar-refractivity contribution in [3.63, 3.8) is 0 Å². The van der Waals surface area contributed by atoms with E-state index in [1.807, 2.05) is 45.0 Å². The molecule has 158 valence electrons. The van der Waals surface area contributed by atoms with Crippen LogP contribution in [-0.4, -0.2) is 41.9 Å². The summed E-state index contributed by atoms with van der Waals surface area (Å²) in [6.07, 6.45) is -1.21. The van der Waals surface area contributed by atoms with Crippen molar-refractivity contribution in [2.24, 2.45) is 0 Å². The Morgan fingerprint density at radius 3 is 2.38 bits per heavy atom. The molecule has 1 heterocycles. The molecule has 1 aromatic heterocycles. The van der Waals surface area contributed by atoms with Crippen LogP contribution in [0.4, 0.5) is 10.5 Å². The molecule has 2 rings (SSSR count). The fraction of sp³-hybridized carbons (Fsp3) is 0.400. The maximum Gasteiger partial charge on any atom is 0.407 e. The van der Waals surface area contributed by atoms with E-state index in [9.17, 15) is 14.7 Å². The fourth-order valence-electron chi connectivity index (χ4n) is 2.27. The Labute approximate surface area is 179 Å². The number of aliphatic hydroxyl groups is 1. The van der Waals surface area contributed by atoms with Crippen LogP contribution >= 0.6 is 22.9 Å². The molecule has 2 aromatic rings. The lowest BCUT2D eigenvalue weighted by Gasteiger charge is -2.19. The number of thiophene rings is 1. The third-order valence-electron chi connectivity index (χ3n) is 3.63. The molecule has 0 radical (unpaired) electrons. The Kier molecular flexibility index (Phi) is 8.31. The monoisotopic (exact) mass is 439 g/mol. The number of aliphatic hydroxyl groups excluding tert-OH is 1. The molecule has 0 saturated carbocycles. The fourth-order valence-corrected chi connectivity index (χ4v) is 3.23. The predicted octanol–water partition coefficient (Wildman–Crippen LogP) is 3.63. The number of amides is 2. The van der Waals surface area contributed by atoms with Gasteiger partial charge in [-0.05, 0) is 50.6 Å². The molecule has 2 amide bonds. The van der Waals surface area contributed by atoms with Gasteiger partial charge in [-0.3, -0.25) is 4.79 Å². The summed E-state index contributed by atoms with van der Waals surface area (Å²) in [5, 5.41) is 18.5. The third-order valence-corrected chi connectivity index (χ3v) is 4.86. The van der Waals surface area contributed by atoms with Crippen LogP contribution in [0.2, 0.25) is 4.34 Å². The summed E-state index contributed by atoms with van der Waals surface area (Å²) >= 11 is 7.00. The van der Waals surface area contributed by atoms with Gasteiger partial charge in [-0.25, -0.2) is 4.79 Å². The van der Waals surface area contributed by atoms with E-state index in [0.717, 1.165) is 11.3 Å². The molecule has 4 N–H and O–H groups in total. The van der Waals surface area contributed by atoms with Crippen molar-refractivity contribution < 1.29 is 19.4 Å². The highest BCUT2D eigenvalue weighted by Crippen LogP contribution is 2.21. The molecule has 0 spiro atoms. The molecule has 29 heavy (non-hydrogen) atoms. The Morgan fingerprint density at radius 2 is 1.79 bits per heavy atom. The first-order valence-electron chi connectivity index (χ1n) is 9.13. The van der Waals surface area contributed by atoms with Crippen molar-refractivity contribution in [2.45, 2.75) is 39.0 Å². The summed E-state index contributed by atoms with van der Waals surface area (Å²) in [4.78, 5) is 24.1. The van der Waals surface area contributed by atoms with Crippen LogP contribution in [0.15, 0.2) is 36.4 Å². The summed E-state index contributed by atoms with van der Waals surface area (Å²) in [5.41, 5.74) is 1.21. The van der Waals surface area contributed by atoms with E-state index in [2.05, 4.69) is 16.0 Å². The number of carbonyl (C=O) groups is 2. The molecule has 7 nitrogen and oxygen atoms in total. The molecule has 1 aromatic carbocycles. The lowest BCUT2D eigenvalue weighted by atomic mass is 10.2. The number of hydrogen-bond donors (Lipinski definition) is 4. The Morgan fingerprint density at radius 1 is 1.10 bits per heavy atom. The van der Waals surface area contributed by atoms with Crippen LogP contribution in [0.25, 0.3) is 0 Å². The Hall–Kier alpha value is -2.29. The van der Waals surface area contributed by atoms with Crippen LogP contribution in [0.1, 0.15) is 36.0 Å².